The third kappa shape index (κ3) is 4.09. The highest BCUT2D eigenvalue weighted by Gasteiger charge is 2.15. The highest BCUT2D eigenvalue weighted by atomic mass is 16.5. The molecule has 3 heteroatoms. The maximum Gasteiger partial charge on any atom is 0.0468 e. The molecule has 0 aliphatic carbocycles. The van der Waals surface area contributed by atoms with Gasteiger partial charge < -0.3 is 15.4 Å². The molecule has 2 aliphatic rings. The summed E-state index contributed by atoms with van der Waals surface area (Å²) in [7, 11) is 0. The summed E-state index contributed by atoms with van der Waals surface area (Å²) in [5.41, 5.74) is 0. The van der Waals surface area contributed by atoms with Crippen molar-refractivity contribution < 1.29 is 4.74 Å². The van der Waals surface area contributed by atoms with Gasteiger partial charge in [-0.3, -0.25) is 0 Å². The SMILES string of the molecule is C(CC1CCOCC1)NCC1CCNC1. The van der Waals surface area contributed by atoms with E-state index in [2.05, 4.69) is 10.6 Å². The van der Waals surface area contributed by atoms with Crippen molar-refractivity contribution in [3.63, 3.8) is 0 Å². The Balaban J connectivity index is 1.47. The first-order chi connectivity index (χ1) is 7.45. The fourth-order valence-electron chi connectivity index (χ4n) is 2.54. The van der Waals surface area contributed by atoms with E-state index < -0.39 is 0 Å². The van der Waals surface area contributed by atoms with Crippen LogP contribution in [0.25, 0.3) is 0 Å². The number of hydrogen-bond donors (Lipinski definition) is 2. The molecule has 0 saturated carbocycles. The van der Waals surface area contributed by atoms with Crippen LogP contribution in [0, 0.1) is 11.8 Å². The van der Waals surface area contributed by atoms with Crippen LogP contribution in [-0.2, 0) is 4.74 Å². The number of nitrogens with one attached hydrogen (secondary N) is 2. The topological polar surface area (TPSA) is 33.3 Å². The van der Waals surface area contributed by atoms with Crippen LogP contribution < -0.4 is 10.6 Å². The van der Waals surface area contributed by atoms with Crippen LogP contribution in [0.4, 0.5) is 0 Å². The van der Waals surface area contributed by atoms with Gasteiger partial charge in [0.05, 0.1) is 0 Å². The zero-order valence-electron chi connectivity index (χ0n) is 9.63. The lowest BCUT2D eigenvalue weighted by Gasteiger charge is -2.22. The van der Waals surface area contributed by atoms with Gasteiger partial charge in [-0.15, -0.1) is 0 Å². The Morgan fingerprint density at radius 2 is 2.00 bits per heavy atom. The van der Waals surface area contributed by atoms with Crippen LogP contribution >= 0.6 is 0 Å². The van der Waals surface area contributed by atoms with Crippen molar-refractivity contribution in [3.05, 3.63) is 0 Å². The molecule has 3 nitrogen and oxygen atoms in total. The molecule has 2 heterocycles. The molecule has 0 amide bonds. The van der Waals surface area contributed by atoms with Crippen LogP contribution in [0.1, 0.15) is 25.7 Å². The van der Waals surface area contributed by atoms with E-state index in [9.17, 15) is 0 Å². The first-order valence-electron chi connectivity index (χ1n) is 6.44. The summed E-state index contributed by atoms with van der Waals surface area (Å²) in [4.78, 5) is 0. The van der Waals surface area contributed by atoms with E-state index in [0.717, 1.165) is 25.0 Å². The summed E-state index contributed by atoms with van der Waals surface area (Å²) in [6.07, 6.45) is 5.23. The molecule has 1 unspecified atom stereocenters. The maximum absolute atomic E-state index is 5.36. The van der Waals surface area contributed by atoms with Gasteiger partial charge in [-0.2, -0.15) is 0 Å². The van der Waals surface area contributed by atoms with E-state index >= 15 is 0 Å². The van der Waals surface area contributed by atoms with Crippen LogP contribution in [0.15, 0.2) is 0 Å². The molecule has 0 aromatic rings. The first kappa shape index (κ1) is 11.4. The maximum atomic E-state index is 5.36. The fraction of sp³-hybridized carbons (Fsp3) is 1.00. The van der Waals surface area contributed by atoms with Gasteiger partial charge in [-0.25, -0.2) is 0 Å². The van der Waals surface area contributed by atoms with Crippen LogP contribution in [0.5, 0.6) is 0 Å². The predicted molar refractivity (Wildman–Crippen MR) is 62.0 cm³/mol. The van der Waals surface area contributed by atoms with E-state index in [1.165, 1.54) is 51.9 Å². The summed E-state index contributed by atoms with van der Waals surface area (Å²) in [5.74, 6) is 1.78. The Bertz CT molecular complexity index is 163. The second kappa shape index (κ2) is 6.46. The van der Waals surface area contributed by atoms with Crippen LogP contribution in [0.3, 0.4) is 0 Å². The molecule has 0 aromatic carbocycles. The Hall–Kier alpha value is -0.120. The molecule has 0 bridgehead atoms. The zero-order chi connectivity index (χ0) is 10.3. The van der Waals surface area contributed by atoms with Crippen molar-refractivity contribution in [3.8, 4) is 0 Å². The predicted octanol–water partition coefficient (Wildman–Crippen LogP) is 1.00. The molecule has 2 rings (SSSR count). The zero-order valence-corrected chi connectivity index (χ0v) is 9.63. The Kier molecular flexibility index (Phi) is 4.90. The molecule has 2 N–H and O–H groups in total. The van der Waals surface area contributed by atoms with E-state index in [1.807, 2.05) is 0 Å². The van der Waals surface area contributed by atoms with Crippen molar-refractivity contribution in [2.75, 3.05) is 39.4 Å². The molecule has 2 fully saturated rings. The standard InChI is InChI=1S/C12H24N2O/c1(11-3-7-15-8-4-11)5-13-9-12-2-6-14-10-12/h11-14H,1-10H2. The minimum Gasteiger partial charge on any atom is -0.381 e. The van der Waals surface area contributed by atoms with Gasteiger partial charge in [-0.05, 0) is 63.7 Å². The first-order valence-corrected chi connectivity index (χ1v) is 6.44. The molecule has 2 saturated heterocycles. The van der Waals surface area contributed by atoms with E-state index in [0.29, 0.717) is 0 Å². The average molecular weight is 212 g/mol. The second-order valence-electron chi connectivity index (χ2n) is 4.91. The molecule has 2 aliphatic heterocycles. The summed E-state index contributed by atoms with van der Waals surface area (Å²) >= 11 is 0. The molecular weight excluding hydrogens is 188 g/mol. The van der Waals surface area contributed by atoms with Gasteiger partial charge in [0, 0.05) is 13.2 Å². The quantitative estimate of drug-likeness (QED) is 0.667. The van der Waals surface area contributed by atoms with Crippen molar-refractivity contribution >= 4 is 0 Å². The Morgan fingerprint density at radius 3 is 2.73 bits per heavy atom. The van der Waals surface area contributed by atoms with Gasteiger partial charge in [0.15, 0.2) is 0 Å². The lowest BCUT2D eigenvalue weighted by Crippen LogP contribution is -2.27. The van der Waals surface area contributed by atoms with Gasteiger partial charge in [-0.1, -0.05) is 0 Å². The summed E-state index contributed by atoms with van der Waals surface area (Å²) in [6, 6.07) is 0. The highest BCUT2D eigenvalue weighted by Crippen LogP contribution is 2.17. The Labute approximate surface area is 93.0 Å². The number of rotatable bonds is 5. The van der Waals surface area contributed by atoms with Crippen LogP contribution in [-0.4, -0.2) is 39.4 Å². The minimum absolute atomic E-state index is 0.875. The fourth-order valence-corrected chi connectivity index (χ4v) is 2.54. The third-order valence-electron chi connectivity index (χ3n) is 3.67. The smallest absolute Gasteiger partial charge is 0.0468 e. The van der Waals surface area contributed by atoms with Gasteiger partial charge in [0.1, 0.15) is 0 Å². The van der Waals surface area contributed by atoms with E-state index in [4.69, 9.17) is 4.74 Å². The molecule has 0 spiro atoms. The minimum atomic E-state index is 0.875. The van der Waals surface area contributed by atoms with Crippen molar-refractivity contribution in [1.29, 1.82) is 0 Å². The average Bonchev–Trinajstić information content (AvgIpc) is 2.79. The molecule has 0 radical (unpaired) electrons. The van der Waals surface area contributed by atoms with E-state index in [1.54, 1.807) is 0 Å². The normalized spacial score (nSPS) is 28.4. The second-order valence-corrected chi connectivity index (χ2v) is 4.91. The van der Waals surface area contributed by atoms with Crippen LogP contribution in [0.2, 0.25) is 0 Å². The molecule has 15 heavy (non-hydrogen) atoms. The van der Waals surface area contributed by atoms with Crippen molar-refractivity contribution in [2.45, 2.75) is 25.7 Å². The molecule has 0 aromatic heterocycles. The van der Waals surface area contributed by atoms with Gasteiger partial charge in [0.25, 0.3) is 0 Å². The lowest BCUT2D eigenvalue weighted by atomic mass is 9.96. The Morgan fingerprint density at radius 1 is 1.13 bits per heavy atom. The molecule has 1 atom stereocenters. The van der Waals surface area contributed by atoms with Crippen molar-refractivity contribution in [1.82, 2.24) is 10.6 Å². The highest BCUT2D eigenvalue weighted by molar-refractivity contribution is 4.73. The monoisotopic (exact) mass is 212 g/mol. The summed E-state index contributed by atoms with van der Waals surface area (Å²) in [5, 5.41) is 7.00. The van der Waals surface area contributed by atoms with Gasteiger partial charge >= 0.3 is 0 Å². The number of hydrogen-bond acceptors (Lipinski definition) is 3. The molecular formula is C12H24N2O. The lowest BCUT2D eigenvalue weighted by molar-refractivity contribution is 0.0639. The summed E-state index contributed by atoms with van der Waals surface area (Å²) in [6.45, 7) is 6.79. The van der Waals surface area contributed by atoms with Crippen molar-refractivity contribution in [2.24, 2.45) is 11.8 Å². The third-order valence-corrected chi connectivity index (χ3v) is 3.67. The van der Waals surface area contributed by atoms with Gasteiger partial charge in [0.2, 0.25) is 0 Å². The number of ether oxygens (including phenoxy) is 1. The summed E-state index contributed by atoms with van der Waals surface area (Å²) < 4.78 is 5.36. The van der Waals surface area contributed by atoms with E-state index in [-0.39, 0.29) is 0 Å². The largest absolute Gasteiger partial charge is 0.381 e. The molecule has 88 valence electrons.